The lowest BCUT2D eigenvalue weighted by Gasteiger charge is -1.86. The van der Waals surface area contributed by atoms with Gasteiger partial charge >= 0.3 is 0 Å². The van der Waals surface area contributed by atoms with Crippen molar-refractivity contribution in [3.63, 3.8) is 0 Å². The van der Waals surface area contributed by atoms with E-state index in [9.17, 15) is 14.9 Å². The third kappa shape index (κ3) is 21.2. The first-order valence-corrected chi connectivity index (χ1v) is 8.92. The molecular weight excluding hydrogens is 326 g/mol. The van der Waals surface area contributed by atoms with E-state index in [1.54, 1.807) is 0 Å². The molecule has 0 aromatic rings. The fraction of sp³-hybridized carbons (Fsp3) is 0.318. The number of carbonyl (C=O) groups excluding carboxylic acids is 1. The number of hydrogen-bond donors (Lipinski definition) is 0. The summed E-state index contributed by atoms with van der Waals surface area (Å²) in [6.07, 6.45) is 33.4. The standard InChI is InChI=1S/C22H29NO3/c24-22-20-18-16-14-12-10-8-6-4-2-1-3-5-7-9-11-13-15-17-19-21-23(25)26/h1-6,8-11,14-17,22H,7,12-13,18-21H2. The molecule has 0 aromatic heterocycles. The Morgan fingerprint density at radius 2 is 1.04 bits per heavy atom. The molecule has 0 heterocycles. The topological polar surface area (TPSA) is 60.2 Å². The van der Waals surface area contributed by atoms with Crippen molar-refractivity contribution < 1.29 is 9.72 Å². The molecule has 0 bridgehead atoms. The Kier molecular flexibility index (Phi) is 18.1. The summed E-state index contributed by atoms with van der Waals surface area (Å²) in [5.41, 5.74) is 0. The van der Waals surface area contributed by atoms with Crippen LogP contribution >= 0.6 is 0 Å². The van der Waals surface area contributed by atoms with Crippen molar-refractivity contribution in [3.05, 3.63) is 95.2 Å². The van der Waals surface area contributed by atoms with Gasteiger partial charge in [0.1, 0.15) is 6.29 Å². The normalized spacial score (nSPS) is 13.1. The molecule has 0 N–H and O–H groups in total. The maximum absolute atomic E-state index is 10.1. The average Bonchev–Trinajstić information content (AvgIpc) is 2.62. The van der Waals surface area contributed by atoms with Gasteiger partial charge in [0.05, 0.1) is 0 Å². The second-order valence-corrected chi connectivity index (χ2v) is 5.34. The van der Waals surface area contributed by atoms with Crippen LogP contribution in [0.3, 0.4) is 0 Å². The molecule has 0 aliphatic carbocycles. The van der Waals surface area contributed by atoms with Crippen LogP contribution in [0.4, 0.5) is 0 Å². The van der Waals surface area contributed by atoms with Crippen LogP contribution < -0.4 is 0 Å². The summed E-state index contributed by atoms with van der Waals surface area (Å²) in [5.74, 6) is 0. The molecule has 0 spiro atoms. The summed E-state index contributed by atoms with van der Waals surface area (Å²) < 4.78 is 0. The summed E-state index contributed by atoms with van der Waals surface area (Å²) in [4.78, 5) is 19.9. The summed E-state index contributed by atoms with van der Waals surface area (Å²) in [5, 5.41) is 10.1. The second-order valence-electron chi connectivity index (χ2n) is 5.34. The number of rotatable bonds is 15. The summed E-state index contributed by atoms with van der Waals surface area (Å²) in [7, 11) is 0. The lowest BCUT2D eigenvalue weighted by Crippen LogP contribution is -1.97. The highest BCUT2D eigenvalue weighted by atomic mass is 16.6. The SMILES string of the molecule is O=CCCC=CCC=CC=CC=CC=CCC=CCC=CCC[N+](=O)[O-]. The van der Waals surface area contributed by atoms with Gasteiger partial charge in [-0.05, 0) is 25.7 Å². The van der Waals surface area contributed by atoms with E-state index in [0.29, 0.717) is 12.8 Å². The van der Waals surface area contributed by atoms with Gasteiger partial charge in [0.15, 0.2) is 0 Å². The molecule has 0 rings (SSSR count). The van der Waals surface area contributed by atoms with Gasteiger partial charge in [0, 0.05) is 17.8 Å². The van der Waals surface area contributed by atoms with Gasteiger partial charge in [0.25, 0.3) is 0 Å². The molecule has 0 aliphatic heterocycles. The number of unbranched alkanes of at least 4 members (excludes halogenated alkanes) is 1. The van der Waals surface area contributed by atoms with E-state index in [1.165, 1.54) is 0 Å². The van der Waals surface area contributed by atoms with Gasteiger partial charge in [0.2, 0.25) is 6.54 Å². The van der Waals surface area contributed by atoms with Crippen molar-refractivity contribution in [3.8, 4) is 0 Å². The smallest absolute Gasteiger partial charge is 0.207 e. The maximum Gasteiger partial charge on any atom is 0.207 e. The van der Waals surface area contributed by atoms with E-state index >= 15 is 0 Å². The fourth-order valence-corrected chi connectivity index (χ4v) is 1.77. The predicted octanol–water partition coefficient (Wildman–Crippen LogP) is 5.70. The van der Waals surface area contributed by atoms with Crippen LogP contribution in [0.25, 0.3) is 0 Å². The summed E-state index contributed by atoms with van der Waals surface area (Å²) in [6.45, 7) is -0.000941. The van der Waals surface area contributed by atoms with E-state index in [0.717, 1.165) is 32.0 Å². The van der Waals surface area contributed by atoms with Crippen LogP contribution in [0.15, 0.2) is 85.1 Å². The fourth-order valence-electron chi connectivity index (χ4n) is 1.77. The number of carbonyl (C=O) groups is 1. The van der Waals surface area contributed by atoms with Crippen LogP contribution in [0, 0.1) is 10.1 Å². The Bertz CT molecular complexity index is 564. The largest absolute Gasteiger partial charge is 0.303 e. The first-order chi connectivity index (χ1) is 12.8. The van der Waals surface area contributed by atoms with Crippen LogP contribution in [0.5, 0.6) is 0 Å². The van der Waals surface area contributed by atoms with Crippen molar-refractivity contribution in [2.45, 2.75) is 38.5 Å². The minimum absolute atomic E-state index is 0.000941. The van der Waals surface area contributed by atoms with Crippen LogP contribution in [0.2, 0.25) is 0 Å². The van der Waals surface area contributed by atoms with Crippen LogP contribution in [-0.4, -0.2) is 17.8 Å². The van der Waals surface area contributed by atoms with Gasteiger partial charge in [-0.25, -0.2) is 0 Å². The molecule has 0 aliphatic rings. The van der Waals surface area contributed by atoms with Crippen molar-refractivity contribution in [1.82, 2.24) is 0 Å². The van der Waals surface area contributed by atoms with Crippen molar-refractivity contribution in [1.29, 1.82) is 0 Å². The zero-order valence-corrected chi connectivity index (χ0v) is 15.3. The number of nitrogens with zero attached hydrogens (tertiary/aromatic N) is 1. The minimum atomic E-state index is -0.304. The van der Waals surface area contributed by atoms with Gasteiger partial charge in [-0.2, -0.15) is 0 Å². The Morgan fingerprint density at radius 3 is 1.58 bits per heavy atom. The third-order valence-electron chi connectivity index (χ3n) is 3.07. The molecule has 0 unspecified atom stereocenters. The zero-order valence-electron chi connectivity index (χ0n) is 15.3. The van der Waals surface area contributed by atoms with Crippen LogP contribution in [-0.2, 0) is 4.79 Å². The Hall–Kier alpha value is -2.75. The van der Waals surface area contributed by atoms with Gasteiger partial charge in [-0.3, -0.25) is 10.1 Å². The first kappa shape index (κ1) is 23.2. The molecule has 26 heavy (non-hydrogen) atoms. The molecule has 0 amide bonds. The molecule has 0 saturated carbocycles. The van der Waals surface area contributed by atoms with Crippen molar-refractivity contribution in [2.75, 3.05) is 6.54 Å². The van der Waals surface area contributed by atoms with Gasteiger partial charge < -0.3 is 4.79 Å². The number of hydrogen-bond acceptors (Lipinski definition) is 3. The minimum Gasteiger partial charge on any atom is -0.303 e. The third-order valence-corrected chi connectivity index (χ3v) is 3.07. The van der Waals surface area contributed by atoms with Gasteiger partial charge in [-0.1, -0.05) is 85.1 Å². The molecule has 0 atom stereocenters. The molecule has 0 radical (unpaired) electrons. The van der Waals surface area contributed by atoms with E-state index in [2.05, 4.69) is 30.4 Å². The number of allylic oxidation sites excluding steroid dienone is 13. The van der Waals surface area contributed by atoms with Gasteiger partial charge in [-0.15, -0.1) is 0 Å². The molecule has 4 nitrogen and oxygen atoms in total. The monoisotopic (exact) mass is 355 g/mol. The lowest BCUT2D eigenvalue weighted by atomic mass is 10.2. The van der Waals surface area contributed by atoms with E-state index in [-0.39, 0.29) is 11.5 Å². The van der Waals surface area contributed by atoms with Crippen molar-refractivity contribution in [2.24, 2.45) is 0 Å². The predicted molar refractivity (Wildman–Crippen MR) is 110 cm³/mol. The Balaban J connectivity index is 3.65. The molecule has 0 fully saturated rings. The molecule has 140 valence electrons. The molecule has 0 saturated heterocycles. The maximum atomic E-state index is 10.1. The highest BCUT2D eigenvalue weighted by Crippen LogP contribution is 1.94. The number of aldehydes is 1. The highest BCUT2D eigenvalue weighted by molar-refractivity contribution is 5.49. The van der Waals surface area contributed by atoms with E-state index in [1.807, 2.05) is 54.7 Å². The Labute approximate surface area is 156 Å². The van der Waals surface area contributed by atoms with Crippen LogP contribution in [0.1, 0.15) is 38.5 Å². The molecular formula is C22H29NO3. The summed E-state index contributed by atoms with van der Waals surface area (Å²) >= 11 is 0. The lowest BCUT2D eigenvalue weighted by molar-refractivity contribution is -0.478. The first-order valence-electron chi connectivity index (χ1n) is 8.92. The molecule has 4 heteroatoms. The summed E-state index contributed by atoms with van der Waals surface area (Å²) in [6, 6.07) is 0. The second kappa shape index (κ2) is 20.3. The highest BCUT2D eigenvalue weighted by Gasteiger charge is 1.89. The Morgan fingerprint density at radius 1 is 0.577 bits per heavy atom. The number of nitro groups is 1. The van der Waals surface area contributed by atoms with E-state index < -0.39 is 0 Å². The quantitative estimate of drug-likeness (QED) is 0.0946. The zero-order chi connectivity index (χ0) is 19.1. The average molecular weight is 355 g/mol. The molecule has 0 aromatic carbocycles. The van der Waals surface area contributed by atoms with E-state index in [4.69, 9.17) is 0 Å². The van der Waals surface area contributed by atoms with Crippen molar-refractivity contribution >= 4 is 6.29 Å².